The molecule has 0 spiro atoms. The van der Waals surface area contributed by atoms with E-state index < -0.39 is 0 Å². The summed E-state index contributed by atoms with van der Waals surface area (Å²) in [7, 11) is 0. The molecule has 1 atom stereocenters. The van der Waals surface area contributed by atoms with Crippen LogP contribution in [0.15, 0.2) is 18.2 Å². The molecule has 126 valence electrons. The van der Waals surface area contributed by atoms with Gasteiger partial charge in [0.2, 0.25) is 5.82 Å². The molecule has 7 nitrogen and oxygen atoms in total. The number of fused-ring (bicyclic) bond motifs is 1. The molecular weight excluding hydrogens is 308 g/mol. The number of ether oxygens (including phenoxy) is 1. The maximum absolute atomic E-state index is 12.7. The molecule has 0 saturated carbocycles. The number of likely N-dealkylation sites (tertiary alicyclic amines) is 1. The summed E-state index contributed by atoms with van der Waals surface area (Å²) < 4.78 is 5.07. The zero-order valence-corrected chi connectivity index (χ0v) is 13.9. The maximum Gasteiger partial charge on any atom is 0.310 e. The highest BCUT2D eigenvalue weighted by molar-refractivity contribution is 5.92. The Morgan fingerprint density at radius 2 is 2.12 bits per heavy atom. The number of carbonyl (C=O) groups is 2. The topological polar surface area (TPSA) is 85.3 Å². The van der Waals surface area contributed by atoms with Gasteiger partial charge in [0, 0.05) is 13.1 Å². The van der Waals surface area contributed by atoms with Gasteiger partial charge < -0.3 is 9.64 Å². The minimum Gasteiger partial charge on any atom is -0.466 e. The van der Waals surface area contributed by atoms with Crippen LogP contribution < -0.4 is 0 Å². The Hall–Kier alpha value is -2.57. The van der Waals surface area contributed by atoms with Gasteiger partial charge in [0.25, 0.3) is 5.91 Å². The van der Waals surface area contributed by atoms with E-state index in [2.05, 4.69) is 15.2 Å². The van der Waals surface area contributed by atoms with E-state index in [1.807, 2.05) is 25.1 Å². The summed E-state index contributed by atoms with van der Waals surface area (Å²) in [6, 6.07) is 5.63. The van der Waals surface area contributed by atoms with E-state index in [1.165, 1.54) is 0 Å². The lowest BCUT2D eigenvalue weighted by atomic mass is 9.98. The predicted molar refractivity (Wildman–Crippen MR) is 87.3 cm³/mol. The molecule has 0 unspecified atom stereocenters. The molecule has 0 radical (unpaired) electrons. The number of benzene rings is 1. The van der Waals surface area contributed by atoms with Crippen LogP contribution in [0.5, 0.6) is 0 Å². The van der Waals surface area contributed by atoms with Gasteiger partial charge in [-0.25, -0.2) is 4.98 Å². The van der Waals surface area contributed by atoms with Crippen molar-refractivity contribution < 1.29 is 14.3 Å². The van der Waals surface area contributed by atoms with Crippen LogP contribution in [0, 0.1) is 12.8 Å². The Morgan fingerprint density at radius 1 is 1.29 bits per heavy atom. The van der Waals surface area contributed by atoms with Gasteiger partial charge in [0.1, 0.15) is 5.52 Å². The largest absolute Gasteiger partial charge is 0.466 e. The van der Waals surface area contributed by atoms with Crippen molar-refractivity contribution in [2.75, 3.05) is 19.7 Å². The van der Waals surface area contributed by atoms with Crippen LogP contribution in [0.4, 0.5) is 0 Å². The van der Waals surface area contributed by atoms with Gasteiger partial charge in [-0.1, -0.05) is 6.07 Å². The lowest BCUT2D eigenvalue weighted by Gasteiger charge is -2.30. The SMILES string of the molecule is CCOC(=O)[C@H]1CCCN(C(=O)c2nnc3ccc(C)cc3n2)C1. The highest BCUT2D eigenvalue weighted by Crippen LogP contribution is 2.19. The van der Waals surface area contributed by atoms with E-state index in [-0.39, 0.29) is 23.6 Å². The van der Waals surface area contributed by atoms with Crippen LogP contribution in [0.3, 0.4) is 0 Å². The fourth-order valence-corrected chi connectivity index (χ4v) is 2.89. The van der Waals surface area contributed by atoms with E-state index in [4.69, 9.17) is 4.74 Å². The summed E-state index contributed by atoms with van der Waals surface area (Å²) in [4.78, 5) is 30.5. The van der Waals surface area contributed by atoms with Crippen LogP contribution in [-0.2, 0) is 9.53 Å². The van der Waals surface area contributed by atoms with Crippen LogP contribution in [0.1, 0.15) is 35.9 Å². The first-order valence-electron chi connectivity index (χ1n) is 8.15. The zero-order chi connectivity index (χ0) is 17.1. The van der Waals surface area contributed by atoms with E-state index in [0.29, 0.717) is 30.7 Å². The molecule has 2 aromatic rings. The van der Waals surface area contributed by atoms with Gasteiger partial charge in [-0.15, -0.1) is 10.2 Å². The third-order valence-corrected chi connectivity index (χ3v) is 4.13. The van der Waals surface area contributed by atoms with Crippen molar-refractivity contribution >= 4 is 22.9 Å². The monoisotopic (exact) mass is 328 g/mol. The molecule has 0 bridgehead atoms. The van der Waals surface area contributed by atoms with Gasteiger partial charge in [-0.3, -0.25) is 9.59 Å². The van der Waals surface area contributed by atoms with Gasteiger partial charge >= 0.3 is 5.97 Å². The number of aromatic nitrogens is 3. The average Bonchev–Trinajstić information content (AvgIpc) is 2.60. The first kappa shape index (κ1) is 16.3. The Bertz CT molecular complexity index is 778. The van der Waals surface area contributed by atoms with Crippen LogP contribution in [-0.4, -0.2) is 51.7 Å². The van der Waals surface area contributed by atoms with Crippen molar-refractivity contribution in [1.29, 1.82) is 0 Å². The van der Waals surface area contributed by atoms with Crippen molar-refractivity contribution in [2.24, 2.45) is 5.92 Å². The second kappa shape index (κ2) is 6.90. The lowest BCUT2D eigenvalue weighted by molar-refractivity contribution is -0.149. The number of amides is 1. The Balaban J connectivity index is 1.79. The van der Waals surface area contributed by atoms with Gasteiger partial charge in [-0.2, -0.15) is 0 Å². The molecule has 0 aliphatic carbocycles. The maximum atomic E-state index is 12.7. The summed E-state index contributed by atoms with van der Waals surface area (Å²) in [5, 5.41) is 8.02. The second-order valence-corrected chi connectivity index (χ2v) is 5.97. The van der Waals surface area contributed by atoms with Crippen LogP contribution in [0.2, 0.25) is 0 Å². The van der Waals surface area contributed by atoms with Crippen molar-refractivity contribution in [2.45, 2.75) is 26.7 Å². The molecule has 1 aliphatic rings. The minimum absolute atomic E-state index is 0.0672. The molecule has 1 aliphatic heterocycles. The number of hydrogen-bond donors (Lipinski definition) is 0. The third-order valence-electron chi connectivity index (χ3n) is 4.13. The van der Waals surface area contributed by atoms with Crippen molar-refractivity contribution in [3.05, 3.63) is 29.6 Å². The first-order chi connectivity index (χ1) is 11.6. The smallest absolute Gasteiger partial charge is 0.310 e. The number of aryl methyl sites for hydroxylation is 1. The molecule has 1 fully saturated rings. The molecule has 3 rings (SSSR count). The van der Waals surface area contributed by atoms with Crippen molar-refractivity contribution in [1.82, 2.24) is 20.1 Å². The van der Waals surface area contributed by atoms with E-state index in [9.17, 15) is 9.59 Å². The zero-order valence-electron chi connectivity index (χ0n) is 13.9. The number of esters is 1. The van der Waals surface area contributed by atoms with Crippen LogP contribution in [0.25, 0.3) is 11.0 Å². The molecule has 24 heavy (non-hydrogen) atoms. The number of hydrogen-bond acceptors (Lipinski definition) is 6. The second-order valence-electron chi connectivity index (χ2n) is 5.97. The molecule has 1 amide bonds. The summed E-state index contributed by atoms with van der Waals surface area (Å²) in [5.41, 5.74) is 2.34. The predicted octanol–water partition coefficient (Wildman–Crippen LogP) is 1.75. The average molecular weight is 328 g/mol. The molecular formula is C17H20N4O3. The van der Waals surface area contributed by atoms with E-state index in [1.54, 1.807) is 11.8 Å². The van der Waals surface area contributed by atoms with Gasteiger partial charge in [-0.05, 0) is 44.4 Å². The highest BCUT2D eigenvalue weighted by Gasteiger charge is 2.31. The number of carbonyl (C=O) groups excluding carboxylic acids is 2. The Labute approximate surface area is 140 Å². The number of rotatable bonds is 3. The van der Waals surface area contributed by atoms with E-state index >= 15 is 0 Å². The summed E-state index contributed by atoms with van der Waals surface area (Å²) >= 11 is 0. The van der Waals surface area contributed by atoms with Gasteiger partial charge in [0.05, 0.1) is 18.0 Å². The molecule has 0 N–H and O–H groups in total. The summed E-state index contributed by atoms with van der Waals surface area (Å²) in [5.74, 6) is -0.751. The van der Waals surface area contributed by atoms with Crippen molar-refractivity contribution in [3.8, 4) is 0 Å². The highest BCUT2D eigenvalue weighted by atomic mass is 16.5. The fraction of sp³-hybridized carbons (Fsp3) is 0.471. The Kier molecular flexibility index (Phi) is 4.69. The minimum atomic E-state index is -0.292. The van der Waals surface area contributed by atoms with Crippen LogP contribution >= 0.6 is 0 Å². The molecule has 2 heterocycles. The van der Waals surface area contributed by atoms with Crippen molar-refractivity contribution in [3.63, 3.8) is 0 Å². The quantitative estimate of drug-likeness (QED) is 0.798. The molecule has 1 aromatic heterocycles. The van der Waals surface area contributed by atoms with E-state index in [0.717, 1.165) is 18.4 Å². The summed E-state index contributed by atoms with van der Waals surface area (Å²) in [6.07, 6.45) is 1.49. The molecule has 7 heteroatoms. The normalized spacial score (nSPS) is 17.8. The lowest BCUT2D eigenvalue weighted by Crippen LogP contribution is -2.43. The molecule has 1 aromatic carbocycles. The third kappa shape index (κ3) is 3.34. The summed E-state index contributed by atoms with van der Waals surface area (Å²) in [6.45, 7) is 5.01. The number of piperidine rings is 1. The Morgan fingerprint density at radius 3 is 2.92 bits per heavy atom. The van der Waals surface area contributed by atoms with Gasteiger partial charge in [0.15, 0.2) is 0 Å². The fourth-order valence-electron chi connectivity index (χ4n) is 2.89. The molecule has 1 saturated heterocycles. The standard InChI is InChI=1S/C17H20N4O3/c1-3-24-17(23)12-5-4-8-21(10-12)16(22)15-18-14-9-11(2)6-7-13(14)19-20-15/h6-7,9,12H,3-5,8,10H2,1-2H3/t12-/m0/s1. The number of nitrogens with zero attached hydrogens (tertiary/aromatic N) is 4. The first-order valence-corrected chi connectivity index (χ1v) is 8.15.